The first-order valence-corrected chi connectivity index (χ1v) is 6.14. The third-order valence-corrected chi connectivity index (χ3v) is 2.89. The molecule has 2 N–H and O–H groups in total. The van der Waals surface area contributed by atoms with Crippen LogP contribution in [0.15, 0.2) is 30.3 Å². The van der Waals surface area contributed by atoms with E-state index in [9.17, 15) is 9.59 Å². The molecule has 0 aliphatic heterocycles. The van der Waals surface area contributed by atoms with Crippen molar-refractivity contribution in [2.75, 3.05) is 7.11 Å². The lowest BCUT2D eigenvalue weighted by Gasteiger charge is -2.20. The molecule has 0 aliphatic rings. The Morgan fingerprint density at radius 1 is 1.32 bits per heavy atom. The Balaban J connectivity index is 2.75. The van der Waals surface area contributed by atoms with Crippen LogP contribution in [-0.4, -0.2) is 30.2 Å². The van der Waals surface area contributed by atoms with Gasteiger partial charge in [-0.3, -0.25) is 9.59 Å². The molecule has 0 radical (unpaired) electrons. The summed E-state index contributed by atoms with van der Waals surface area (Å²) in [7, 11) is 1.46. The number of amides is 1. The van der Waals surface area contributed by atoms with E-state index in [0.717, 1.165) is 5.56 Å². The second-order valence-corrected chi connectivity index (χ2v) is 4.28. The molecule has 0 aliphatic carbocycles. The number of carboxylic acid groups (broad SMARTS) is 1. The van der Waals surface area contributed by atoms with Crippen molar-refractivity contribution in [2.45, 2.75) is 31.9 Å². The van der Waals surface area contributed by atoms with Gasteiger partial charge in [-0.2, -0.15) is 0 Å². The van der Waals surface area contributed by atoms with Crippen LogP contribution in [0, 0.1) is 0 Å². The number of carbonyl (C=O) groups excluding carboxylic acids is 1. The number of carbonyl (C=O) groups is 2. The fourth-order valence-electron chi connectivity index (χ4n) is 1.67. The van der Waals surface area contributed by atoms with Crippen molar-refractivity contribution in [3.63, 3.8) is 0 Å². The van der Waals surface area contributed by atoms with Crippen molar-refractivity contribution in [3.05, 3.63) is 35.9 Å². The smallest absolute Gasteiger partial charge is 0.303 e. The number of aliphatic carboxylic acids is 1. The van der Waals surface area contributed by atoms with Crippen molar-refractivity contribution in [2.24, 2.45) is 0 Å². The van der Waals surface area contributed by atoms with E-state index in [1.807, 2.05) is 30.3 Å². The Morgan fingerprint density at radius 3 is 2.47 bits per heavy atom. The van der Waals surface area contributed by atoms with Crippen LogP contribution in [0.1, 0.15) is 31.4 Å². The molecule has 19 heavy (non-hydrogen) atoms. The van der Waals surface area contributed by atoms with Crippen LogP contribution in [0.2, 0.25) is 0 Å². The summed E-state index contributed by atoms with van der Waals surface area (Å²) in [4.78, 5) is 22.5. The van der Waals surface area contributed by atoms with E-state index in [1.54, 1.807) is 6.92 Å². The summed E-state index contributed by atoms with van der Waals surface area (Å²) in [5, 5.41) is 11.6. The molecule has 0 aromatic heterocycles. The lowest BCUT2D eigenvalue weighted by molar-refractivity contribution is -0.138. The van der Waals surface area contributed by atoms with Gasteiger partial charge in [-0.05, 0) is 18.9 Å². The van der Waals surface area contributed by atoms with Gasteiger partial charge in [-0.1, -0.05) is 30.3 Å². The van der Waals surface area contributed by atoms with Gasteiger partial charge < -0.3 is 15.2 Å². The molecule has 1 aromatic carbocycles. The predicted octanol–water partition coefficient (Wildman–Crippen LogP) is 1.74. The van der Waals surface area contributed by atoms with Gasteiger partial charge in [0.05, 0.1) is 6.04 Å². The molecule has 0 bridgehead atoms. The predicted molar refractivity (Wildman–Crippen MR) is 70.7 cm³/mol. The van der Waals surface area contributed by atoms with E-state index in [0.29, 0.717) is 6.42 Å². The van der Waals surface area contributed by atoms with Crippen molar-refractivity contribution in [1.82, 2.24) is 5.32 Å². The summed E-state index contributed by atoms with van der Waals surface area (Å²) >= 11 is 0. The molecule has 0 saturated carbocycles. The highest BCUT2D eigenvalue weighted by molar-refractivity contribution is 5.80. The molecule has 0 heterocycles. The average molecular weight is 265 g/mol. The highest BCUT2D eigenvalue weighted by Crippen LogP contribution is 2.18. The second kappa shape index (κ2) is 7.53. The standard InChI is InChI=1S/C14H19NO4/c1-10(19-2)14(18)15-12(8-9-13(16)17)11-6-4-3-5-7-11/h3-7,10,12H,8-9H2,1-2H3,(H,15,18)(H,16,17). The number of benzene rings is 1. The quantitative estimate of drug-likeness (QED) is 0.787. The van der Waals surface area contributed by atoms with Gasteiger partial charge in [0.2, 0.25) is 5.91 Å². The zero-order valence-electron chi connectivity index (χ0n) is 11.1. The molecule has 5 nitrogen and oxygen atoms in total. The third kappa shape index (κ3) is 5.09. The van der Waals surface area contributed by atoms with Crippen LogP contribution in [0.3, 0.4) is 0 Å². The summed E-state index contributed by atoms with van der Waals surface area (Å²) in [6.07, 6.45) is -0.209. The zero-order chi connectivity index (χ0) is 14.3. The van der Waals surface area contributed by atoms with Gasteiger partial charge in [0.1, 0.15) is 6.10 Å². The number of hydrogen-bond donors (Lipinski definition) is 2. The fourth-order valence-corrected chi connectivity index (χ4v) is 1.67. The summed E-state index contributed by atoms with van der Waals surface area (Å²) in [5.41, 5.74) is 0.889. The van der Waals surface area contributed by atoms with Gasteiger partial charge >= 0.3 is 5.97 Å². The summed E-state index contributed by atoms with van der Waals surface area (Å²) < 4.78 is 4.95. The van der Waals surface area contributed by atoms with Crippen molar-refractivity contribution >= 4 is 11.9 Å². The maximum atomic E-state index is 11.8. The van der Waals surface area contributed by atoms with Gasteiger partial charge in [0, 0.05) is 13.5 Å². The Labute approximate surface area is 112 Å². The molecule has 2 unspecified atom stereocenters. The van der Waals surface area contributed by atoms with Crippen LogP contribution < -0.4 is 5.32 Å². The van der Waals surface area contributed by atoms with Crippen LogP contribution in [0.4, 0.5) is 0 Å². The normalized spacial score (nSPS) is 13.6. The van der Waals surface area contributed by atoms with Crippen LogP contribution >= 0.6 is 0 Å². The Hall–Kier alpha value is -1.88. The average Bonchev–Trinajstić information content (AvgIpc) is 2.42. The van der Waals surface area contributed by atoms with Crippen LogP contribution in [0.25, 0.3) is 0 Å². The highest BCUT2D eigenvalue weighted by Gasteiger charge is 2.19. The lowest BCUT2D eigenvalue weighted by Crippen LogP contribution is -2.36. The third-order valence-electron chi connectivity index (χ3n) is 2.89. The monoisotopic (exact) mass is 265 g/mol. The molecule has 1 amide bonds. The molecule has 1 rings (SSSR count). The maximum absolute atomic E-state index is 11.8. The maximum Gasteiger partial charge on any atom is 0.303 e. The van der Waals surface area contributed by atoms with E-state index in [2.05, 4.69) is 5.32 Å². The fraction of sp³-hybridized carbons (Fsp3) is 0.429. The van der Waals surface area contributed by atoms with E-state index in [1.165, 1.54) is 7.11 Å². The minimum Gasteiger partial charge on any atom is -0.481 e. The van der Waals surface area contributed by atoms with E-state index < -0.39 is 12.1 Å². The van der Waals surface area contributed by atoms with E-state index in [4.69, 9.17) is 9.84 Å². The van der Waals surface area contributed by atoms with E-state index >= 15 is 0 Å². The van der Waals surface area contributed by atoms with Gasteiger partial charge in [0.15, 0.2) is 0 Å². The minimum absolute atomic E-state index is 0.00119. The molecule has 2 atom stereocenters. The Bertz CT molecular complexity index is 419. The molecule has 0 spiro atoms. The van der Waals surface area contributed by atoms with Crippen LogP contribution in [-0.2, 0) is 14.3 Å². The molecule has 104 valence electrons. The highest BCUT2D eigenvalue weighted by atomic mass is 16.5. The first-order valence-electron chi connectivity index (χ1n) is 6.14. The number of carboxylic acids is 1. The summed E-state index contributed by atoms with van der Waals surface area (Å²) in [6.45, 7) is 1.65. The van der Waals surface area contributed by atoms with Gasteiger partial charge in [0.25, 0.3) is 0 Å². The Morgan fingerprint density at radius 2 is 1.95 bits per heavy atom. The van der Waals surface area contributed by atoms with Crippen molar-refractivity contribution in [1.29, 1.82) is 0 Å². The number of nitrogens with one attached hydrogen (secondary N) is 1. The molecule has 0 fully saturated rings. The molecular weight excluding hydrogens is 246 g/mol. The minimum atomic E-state index is -0.880. The van der Waals surface area contributed by atoms with Gasteiger partial charge in [-0.15, -0.1) is 0 Å². The van der Waals surface area contributed by atoms with Gasteiger partial charge in [-0.25, -0.2) is 0 Å². The summed E-state index contributed by atoms with van der Waals surface area (Å²) in [5.74, 6) is -1.13. The first kappa shape index (κ1) is 15.2. The number of ether oxygens (including phenoxy) is 1. The second-order valence-electron chi connectivity index (χ2n) is 4.28. The first-order chi connectivity index (χ1) is 9.04. The number of rotatable bonds is 7. The molecule has 1 aromatic rings. The van der Waals surface area contributed by atoms with Crippen molar-refractivity contribution in [3.8, 4) is 0 Å². The SMILES string of the molecule is COC(C)C(=O)NC(CCC(=O)O)c1ccccc1. The largest absolute Gasteiger partial charge is 0.481 e. The van der Waals surface area contributed by atoms with Crippen LogP contribution in [0.5, 0.6) is 0 Å². The molecule has 5 heteroatoms. The Kier molecular flexibility index (Phi) is 6.02. The zero-order valence-corrected chi connectivity index (χ0v) is 11.1. The number of hydrogen-bond acceptors (Lipinski definition) is 3. The lowest BCUT2D eigenvalue weighted by atomic mass is 10.0. The number of methoxy groups -OCH3 is 1. The molecular formula is C14H19NO4. The summed E-state index contributed by atoms with van der Waals surface area (Å²) in [6, 6.07) is 9.00. The van der Waals surface area contributed by atoms with E-state index in [-0.39, 0.29) is 18.4 Å². The van der Waals surface area contributed by atoms with Crippen molar-refractivity contribution < 1.29 is 19.4 Å². The topological polar surface area (TPSA) is 75.6 Å². The molecule has 0 saturated heterocycles.